The molecule has 8 heteroatoms. The molecule has 1 heterocycles. The third-order valence-corrected chi connectivity index (χ3v) is 2.51. The number of nitrogens with zero attached hydrogens (tertiary/aromatic N) is 3. The van der Waals surface area contributed by atoms with Gasteiger partial charge in [-0.05, 0) is 5.56 Å². The van der Waals surface area contributed by atoms with Crippen molar-refractivity contribution in [2.24, 2.45) is 0 Å². The number of carboxylic acid groups (broad SMARTS) is 1. The first kappa shape index (κ1) is 14.5. The molecule has 8 nitrogen and oxygen atoms in total. The predicted molar refractivity (Wildman–Crippen MR) is 71.1 cm³/mol. The van der Waals surface area contributed by atoms with Gasteiger partial charge in [-0.15, -0.1) is 5.10 Å². The largest absolute Gasteiger partial charge is 0.480 e. The summed E-state index contributed by atoms with van der Waals surface area (Å²) in [4.78, 5) is 22.0. The zero-order valence-electron chi connectivity index (χ0n) is 11.1. The first-order chi connectivity index (χ1) is 10.1. The van der Waals surface area contributed by atoms with E-state index < -0.39 is 12.1 Å². The first-order valence-electron chi connectivity index (χ1n) is 6.19. The number of ether oxygens (including phenoxy) is 1. The number of benzene rings is 1. The van der Waals surface area contributed by atoms with Gasteiger partial charge in [0.2, 0.25) is 0 Å². The molecule has 0 saturated heterocycles. The Kier molecular flexibility index (Phi) is 4.86. The van der Waals surface area contributed by atoms with Crippen molar-refractivity contribution in [1.29, 1.82) is 0 Å². The highest BCUT2D eigenvalue weighted by Gasteiger charge is 2.07. The van der Waals surface area contributed by atoms with Crippen LogP contribution in [-0.2, 0) is 29.2 Å². The van der Waals surface area contributed by atoms with Crippen LogP contribution in [0.1, 0.15) is 11.3 Å². The highest BCUT2D eigenvalue weighted by Crippen LogP contribution is 2.00. The van der Waals surface area contributed by atoms with E-state index in [0.717, 1.165) is 5.56 Å². The molecule has 2 aromatic rings. The van der Waals surface area contributed by atoms with Gasteiger partial charge in [-0.1, -0.05) is 35.5 Å². The highest BCUT2D eigenvalue weighted by molar-refractivity contribution is 5.67. The smallest absolute Gasteiger partial charge is 0.407 e. The van der Waals surface area contributed by atoms with E-state index in [0.29, 0.717) is 5.69 Å². The summed E-state index contributed by atoms with van der Waals surface area (Å²) in [5, 5.41) is 18.5. The van der Waals surface area contributed by atoms with E-state index in [9.17, 15) is 9.59 Å². The molecule has 0 atom stereocenters. The van der Waals surface area contributed by atoms with Crippen LogP contribution in [0.15, 0.2) is 36.5 Å². The van der Waals surface area contributed by atoms with Crippen LogP contribution in [-0.4, -0.2) is 32.2 Å². The molecule has 21 heavy (non-hydrogen) atoms. The number of rotatable bonds is 6. The normalized spacial score (nSPS) is 10.1. The van der Waals surface area contributed by atoms with Crippen molar-refractivity contribution in [3.05, 3.63) is 47.8 Å². The zero-order chi connectivity index (χ0) is 15.1. The van der Waals surface area contributed by atoms with Gasteiger partial charge in [0.15, 0.2) is 0 Å². The van der Waals surface area contributed by atoms with E-state index >= 15 is 0 Å². The van der Waals surface area contributed by atoms with Crippen molar-refractivity contribution >= 4 is 12.1 Å². The van der Waals surface area contributed by atoms with Gasteiger partial charge in [-0.2, -0.15) is 0 Å². The monoisotopic (exact) mass is 290 g/mol. The lowest BCUT2D eigenvalue weighted by Gasteiger charge is -2.05. The third-order valence-electron chi connectivity index (χ3n) is 2.51. The van der Waals surface area contributed by atoms with Gasteiger partial charge in [0.05, 0.1) is 12.7 Å². The van der Waals surface area contributed by atoms with Crippen LogP contribution in [0.3, 0.4) is 0 Å². The third kappa shape index (κ3) is 4.94. The van der Waals surface area contributed by atoms with Crippen LogP contribution >= 0.6 is 0 Å². The fourth-order valence-electron chi connectivity index (χ4n) is 1.57. The second-order valence-electron chi connectivity index (χ2n) is 4.22. The number of hydrogen-bond acceptors (Lipinski definition) is 5. The van der Waals surface area contributed by atoms with Crippen LogP contribution in [0.5, 0.6) is 0 Å². The van der Waals surface area contributed by atoms with Crippen LogP contribution in [0.2, 0.25) is 0 Å². The number of amides is 1. The summed E-state index contributed by atoms with van der Waals surface area (Å²) in [5.74, 6) is -1.01. The number of carbonyl (C=O) groups excluding carboxylic acids is 1. The average Bonchev–Trinajstić information content (AvgIpc) is 2.91. The van der Waals surface area contributed by atoms with Crippen molar-refractivity contribution in [3.8, 4) is 0 Å². The summed E-state index contributed by atoms with van der Waals surface area (Å²) >= 11 is 0. The number of nitrogens with one attached hydrogen (secondary N) is 1. The second kappa shape index (κ2) is 7.04. The second-order valence-corrected chi connectivity index (χ2v) is 4.22. The van der Waals surface area contributed by atoms with Crippen molar-refractivity contribution < 1.29 is 19.4 Å². The van der Waals surface area contributed by atoms with Crippen molar-refractivity contribution in [2.45, 2.75) is 19.7 Å². The molecule has 2 rings (SSSR count). The lowest BCUT2D eigenvalue weighted by atomic mass is 10.2. The zero-order valence-corrected chi connectivity index (χ0v) is 11.1. The van der Waals surface area contributed by atoms with E-state index in [2.05, 4.69) is 15.6 Å². The highest BCUT2D eigenvalue weighted by atomic mass is 16.5. The Balaban J connectivity index is 1.73. The Morgan fingerprint density at radius 2 is 2.05 bits per heavy atom. The molecule has 0 bridgehead atoms. The molecule has 0 fully saturated rings. The SMILES string of the molecule is O=C(O)Cn1cc(CNC(=O)OCc2ccccc2)nn1. The van der Waals surface area contributed by atoms with Crippen molar-refractivity contribution in [1.82, 2.24) is 20.3 Å². The molecule has 1 aromatic heterocycles. The van der Waals surface area contributed by atoms with Gasteiger partial charge in [0.25, 0.3) is 0 Å². The maximum atomic E-state index is 11.5. The molecular formula is C13H14N4O4. The van der Waals surface area contributed by atoms with E-state index in [1.165, 1.54) is 10.9 Å². The minimum atomic E-state index is -1.01. The van der Waals surface area contributed by atoms with Gasteiger partial charge >= 0.3 is 12.1 Å². The summed E-state index contributed by atoms with van der Waals surface area (Å²) in [6, 6.07) is 9.30. The van der Waals surface area contributed by atoms with Crippen LogP contribution in [0, 0.1) is 0 Å². The molecule has 2 N–H and O–H groups in total. The molecule has 1 amide bonds. The Morgan fingerprint density at radius 3 is 2.76 bits per heavy atom. The minimum Gasteiger partial charge on any atom is -0.480 e. The van der Waals surface area contributed by atoms with Crippen LogP contribution in [0.25, 0.3) is 0 Å². The molecular weight excluding hydrogens is 276 g/mol. The van der Waals surface area contributed by atoms with Gasteiger partial charge in [-0.25, -0.2) is 9.48 Å². The van der Waals surface area contributed by atoms with Gasteiger partial charge < -0.3 is 15.2 Å². The summed E-state index contributed by atoms with van der Waals surface area (Å²) in [5.41, 5.74) is 1.34. The Hall–Kier alpha value is -2.90. The molecule has 0 radical (unpaired) electrons. The van der Waals surface area contributed by atoms with E-state index in [-0.39, 0.29) is 19.7 Å². The Labute approximate surface area is 120 Å². The van der Waals surface area contributed by atoms with E-state index in [1.807, 2.05) is 30.3 Å². The molecule has 0 aliphatic carbocycles. The van der Waals surface area contributed by atoms with Gasteiger partial charge in [0, 0.05) is 0 Å². The Bertz CT molecular complexity index is 612. The molecule has 1 aromatic carbocycles. The summed E-state index contributed by atoms with van der Waals surface area (Å²) in [6.07, 6.45) is 0.873. The molecule has 0 unspecified atom stereocenters. The van der Waals surface area contributed by atoms with Crippen LogP contribution < -0.4 is 5.32 Å². The topological polar surface area (TPSA) is 106 Å². The van der Waals surface area contributed by atoms with E-state index in [1.54, 1.807) is 0 Å². The number of carbonyl (C=O) groups is 2. The van der Waals surface area contributed by atoms with Gasteiger partial charge in [-0.3, -0.25) is 4.79 Å². The number of aromatic nitrogens is 3. The Morgan fingerprint density at radius 1 is 1.29 bits per heavy atom. The van der Waals surface area contributed by atoms with Gasteiger partial charge in [0.1, 0.15) is 18.8 Å². The maximum absolute atomic E-state index is 11.5. The van der Waals surface area contributed by atoms with Crippen LogP contribution in [0.4, 0.5) is 4.79 Å². The van der Waals surface area contributed by atoms with Crippen molar-refractivity contribution in [3.63, 3.8) is 0 Å². The summed E-state index contributed by atoms with van der Waals surface area (Å²) in [6.45, 7) is 0.0249. The quantitative estimate of drug-likeness (QED) is 0.814. The average molecular weight is 290 g/mol. The molecule has 0 aliphatic heterocycles. The predicted octanol–water partition coefficient (Wildman–Crippen LogP) is 0.789. The number of hydrogen-bond donors (Lipinski definition) is 2. The number of aliphatic carboxylic acids is 1. The maximum Gasteiger partial charge on any atom is 0.407 e. The molecule has 0 saturated carbocycles. The molecule has 0 spiro atoms. The van der Waals surface area contributed by atoms with E-state index in [4.69, 9.17) is 9.84 Å². The fraction of sp³-hybridized carbons (Fsp3) is 0.231. The fourth-order valence-corrected chi connectivity index (χ4v) is 1.57. The lowest BCUT2D eigenvalue weighted by molar-refractivity contribution is -0.137. The standard InChI is InChI=1S/C13H14N4O4/c18-12(19)8-17-7-11(15-16-17)6-14-13(20)21-9-10-4-2-1-3-5-10/h1-5,7H,6,8-9H2,(H,14,20)(H,18,19). The summed E-state index contributed by atoms with van der Waals surface area (Å²) in [7, 11) is 0. The minimum absolute atomic E-state index is 0.118. The molecule has 0 aliphatic rings. The first-order valence-corrected chi connectivity index (χ1v) is 6.19. The summed E-state index contributed by atoms with van der Waals surface area (Å²) < 4.78 is 6.20. The number of alkyl carbamates (subject to hydrolysis) is 1. The lowest BCUT2D eigenvalue weighted by Crippen LogP contribution is -2.23. The van der Waals surface area contributed by atoms with Crippen molar-refractivity contribution in [2.75, 3.05) is 0 Å². The number of carboxylic acids is 1. The molecule has 110 valence electrons.